The van der Waals surface area contributed by atoms with Crippen LogP contribution < -0.4 is 15.0 Å². The lowest BCUT2D eigenvalue weighted by molar-refractivity contribution is -0.137. The highest BCUT2D eigenvalue weighted by atomic mass is 19.4. The summed E-state index contributed by atoms with van der Waals surface area (Å²) in [7, 11) is 0. The van der Waals surface area contributed by atoms with Crippen molar-refractivity contribution in [2.24, 2.45) is 0 Å². The molecule has 8 heteroatoms. The number of benzene rings is 2. The SMILES string of the molecule is Cc1cc(N2CCOCC2)ccc1NC(=O)COc1ccc(C(F)(F)F)cc1. The van der Waals surface area contributed by atoms with Crippen molar-refractivity contribution in [1.82, 2.24) is 0 Å². The van der Waals surface area contributed by atoms with Gasteiger partial charge < -0.3 is 19.7 Å². The van der Waals surface area contributed by atoms with Crippen molar-refractivity contribution in [3.63, 3.8) is 0 Å². The maximum absolute atomic E-state index is 12.5. The van der Waals surface area contributed by atoms with Crippen molar-refractivity contribution >= 4 is 17.3 Å². The van der Waals surface area contributed by atoms with Gasteiger partial charge >= 0.3 is 6.18 Å². The van der Waals surface area contributed by atoms with Crippen molar-refractivity contribution in [1.29, 1.82) is 0 Å². The quantitative estimate of drug-likeness (QED) is 0.837. The van der Waals surface area contributed by atoms with Crippen molar-refractivity contribution in [3.8, 4) is 5.75 Å². The zero-order valence-electron chi connectivity index (χ0n) is 15.4. The lowest BCUT2D eigenvalue weighted by Gasteiger charge is -2.29. The number of nitrogens with zero attached hydrogens (tertiary/aromatic N) is 1. The minimum Gasteiger partial charge on any atom is -0.484 e. The Labute approximate surface area is 161 Å². The zero-order valence-corrected chi connectivity index (χ0v) is 15.4. The molecule has 0 radical (unpaired) electrons. The van der Waals surface area contributed by atoms with Crippen molar-refractivity contribution in [3.05, 3.63) is 53.6 Å². The summed E-state index contributed by atoms with van der Waals surface area (Å²) in [6.45, 7) is 4.64. The van der Waals surface area contributed by atoms with E-state index in [0.29, 0.717) is 18.9 Å². The van der Waals surface area contributed by atoms with E-state index in [0.717, 1.165) is 36.5 Å². The summed E-state index contributed by atoms with van der Waals surface area (Å²) in [6.07, 6.45) is -4.40. The van der Waals surface area contributed by atoms with Crippen LogP contribution >= 0.6 is 0 Å². The van der Waals surface area contributed by atoms with Crippen LogP contribution in [0.1, 0.15) is 11.1 Å². The molecule has 1 aliphatic heterocycles. The molecule has 1 aliphatic rings. The Balaban J connectivity index is 1.54. The van der Waals surface area contributed by atoms with Gasteiger partial charge in [-0.15, -0.1) is 0 Å². The Hall–Kier alpha value is -2.74. The molecule has 0 unspecified atom stereocenters. The normalized spacial score (nSPS) is 14.6. The van der Waals surface area contributed by atoms with E-state index in [1.54, 1.807) is 0 Å². The fourth-order valence-corrected chi connectivity index (χ4v) is 2.88. The molecule has 0 aliphatic carbocycles. The van der Waals surface area contributed by atoms with Crippen LogP contribution in [-0.2, 0) is 15.7 Å². The van der Waals surface area contributed by atoms with Gasteiger partial charge in [-0.05, 0) is 55.0 Å². The summed E-state index contributed by atoms with van der Waals surface area (Å²) in [5.41, 5.74) is 1.88. The first-order chi connectivity index (χ1) is 13.3. The third kappa shape index (κ3) is 5.16. The second kappa shape index (κ2) is 8.52. The number of amides is 1. The molecule has 3 rings (SSSR count). The molecule has 5 nitrogen and oxygen atoms in total. The highest BCUT2D eigenvalue weighted by Gasteiger charge is 2.30. The van der Waals surface area contributed by atoms with Crippen molar-refractivity contribution in [2.45, 2.75) is 13.1 Å². The summed E-state index contributed by atoms with van der Waals surface area (Å²) >= 11 is 0. The van der Waals surface area contributed by atoms with E-state index in [2.05, 4.69) is 10.2 Å². The van der Waals surface area contributed by atoms with Gasteiger partial charge in [0.1, 0.15) is 5.75 Å². The van der Waals surface area contributed by atoms with E-state index < -0.39 is 11.7 Å². The average Bonchev–Trinajstić information content (AvgIpc) is 2.68. The van der Waals surface area contributed by atoms with Crippen molar-refractivity contribution in [2.75, 3.05) is 43.1 Å². The van der Waals surface area contributed by atoms with E-state index in [-0.39, 0.29) is 18.3 Å². The summed E-state index contributed by atoms with van der Waals surface area (Å²) in [4.78, 5) is 14.3. The van der Waals surface area contributed by atoms with E-state index in [4.69, 9.17) is 9.47 Å². The maximum atomic E-state index is 12.5. The Morgan fingerprint density at radius 2 is 1.82 bits per heavy atom. The summed E-state index contributed by atoms with van der Waals surface area (Å²) in [6, 6.07) is 9.99. The molecular weight excluding hydrogens is 373 g/mol. The smallest absolute Gasteiger partial charge is 0.416 e. The molecule has 0 saturated carbocycles. The molecule has 2 aromatic rings. The molecule has 1 fully saturated rings. The molecule has 0 atom stereocenters. The van der Waals surface area contributed by atoms with E-state index in [9.17, 15) is 18.0 Å². The second-order valence-electron chi connectivity index (χ2n) is 6.46. The second-order valence-corrected chi connectivity index (χ2v) is 6.46. The third-order valence-electron chi connectivity index (χ3n) is 4.41. The Morgan fingerprint density at radius 3 is 2.43 bits per heavy atom. The summed E-state index contributed by atoms with van der Waals surface area (Å²) in [5, 5.41) is 2.76. The molecule has 1 saturated heterocycles. The third-order valence-corrected chi connectivity index (χ3v) is 4.41. The molecule has 1 heterocycles. The van der Waals surface area contributed by atoms with Crippen LogP contribution in [0.15, 0.2) is 42.5 Å². The average molecular weight is 394 g/mol. The number of morpholine rings is 1. The number of carbonyl (C=O) groups is 1. The fourth-order valence-electron chi connectivity index (χ4n) is 2.88. The summed E-state index contributed by atoms with van der Waals surface area (Å²) < 4.78 is 48.3. The number of carbonyl (C=O) groups excluding carboxylic acids is 1. The van der Waals surface area contributed by atoms with Gasteiger partial charge in [-0.2, -0.15) is 13.2 Å². The molecule has 0 aromatic heterocycles. The van der Waals surface area contributed by atoms with Crippen LogP contribution in [0.4, 0.5) is 24.5 Å². The number of halogens is 3. The number of hydrogen-bond acceptors (Lipinski definition) is 4. The monoisotopic (exact) mass is 394 g/mol. The Morgan fingerprint density at radius 1 is 1.14 bits per heavy atom. The lowest BCUT2D eigenvalue weighted by Crippen LogP contribution is -2.36. The number of ether oxygens (including phenoxy) is 2. The summed E-state index contributed by atoms with van der Waals surface area (Å²) in [5.74, 6) is -0.190. The van der Waals surface area contributed by atoms with Gasteiger partial charge in [-0.1, -0.05) is 0 Å². The number of nitrogens with one attached hydrogen (secondary N) is 1. The molecular formula is C20H21F3N2O3. The highest BCUT2D eigenvalue weighted by molar-refractivity contribution is 5.92. The van der Waals surface area contributed by atoms with Gasteiger partial charge in [-0.3, -0.25) is 4.79 Å². The first-order valence-electron chi connectivity index (χ1n) is 8.86. The maximum Gasteiger partial charge on any atom is 0.416 e. The fraction of sp³-hybridized carbons (Fsp3) is 0.350. The van der Waals surface area contributed by atoms with Crippen LogP contribution in [0.5, 0.6) is 5.75 Å². The first kappa shape index (κ1) is 20.0. The minimum atomic E-state index is -4.40. The van der Waals surface area contributed by atoms with Gasteiger partial charge in [0.2, 0.25) is 0 Å². The molecule has 2 aromatic carbocycles. The number of alkyl halides is 3. The largest absolute Gasteiger partial charge is 0.484 e. The van der Waals surface area contributed by atoms with E-state index in [1.807, 2.05) is 25.1 Å². The highest BCUT2D eigenvalue weighted by Crippen LogP contribution is 2.30. The molecule has 1 N–H and O–H groups in total. The predicted molar refractivity (Wildman–Crippen MR) is 99.8 cm³/mol. The predicted octanol–water partition coefficient (Wildman–Crippen LogP) is 3.87. The topological polar surface area (TPSA) is 50.8 Å². The number of rotatable bonds is 5. The van der Waals surface area contributed by atoms with Gasteiger partial charge in [0.05, 0.1) is 18.8 Å². The standard InChI is InChI=1S/C20H21F3N2O3/c1-14-12-16(25-8-10-27-11-9-25)4-7-18(14)24-19(26)13-28-17-5-2-15(3-6-17)20(21,22)23/h2-7,12H,8-11,13H2,1H3,(H,24,26). The van der Waals surface area contributed by atoms with E-state index in [1.165, 1.54) is 12.1 Å². The van der Waals surface area contributed by atoms with Gasteiger partial charge in [0.25, 0.3) is 5.91 Å². The van der Waals surface area contributed by atoms with Crippen LogP contribution in [0.2, 0.25) is 0 Å². The number of aryl methyl sites for hydroxylation is 1. The van der Waals surface area contributed by atoms with Crippen molar-refractivity contribution < 1.29 is 27.4 Å². The Kier molecular flexibility index (Phi) is 6.08. The molecule has 1 amide bonds. The van der Waals surface area contributed by atoms with Crippen LogP contribution in [-0.4, -0.2) is 38.8 Å². The van der Waals surface area contributed by atoms with Crippen LogP contribution in [0, 0.1) is 6.92 Å². The lowest BCUT2D eigenvalue weighted by atomic mass is 10.1. The molecule has 0 spiro atoms. The Bertz CT molecular complexity index is 816. The molecule has 28 heavy (non-hydrogen) atoms. The number of hydrogen-bond donors (Lipinski definition) is 1. The molecule has 0 bridgehead atoms. The van der Waals surface area contributed by atoms with E-state index >= 15 is 0 Å². The van der Waals surface area contributed by atoms with Gasteiger partial charge in [0, 0.05) is 24.5 Å². The first-order valence-corrected chi connectivity index (χ1v) is 8.86. The van der Waals surface area contributed by atoms with Crippen LogP contribution in [0.3, 0.4) is 0 Å². The minimum absolute atomic E-state index is 0.197. The van der Waals surface area contributed by atoms with Gasteiger partial charge in [-0.25, -0.2) is 0 Å². The molecule has 150 valence electrons. The van der Waals surface area contributed by atoms with Gasteiger partial charge in [0.15, 0.2) is 6.61 Å². The number of anilines is 2. The van der Waals surface area contributed by atoms with Crippen LogP contribution in [0.25, 0.3) is 0 Å². The zero-order chi connectivity index (χ0) is 20.1.